The number of nitrogens with zero attached hydrogens (tertiary/aromatic N) is 3. The van der Waals surface area contributed by atoms with Crippen LogP contribution in [0.1, 0.15) is 5.56 Å². The van der Waals surface area contributed by atoms with Gasteiger partial charge in [0, 0.05) is 11.9 Å². The van der Waals surface area contributed by atoms with Crippen molar-refractivity contribution in [2.45, 2.75) is 16.8 Å². The standard InChI is InChI=1S/C12H12N4O2S/c1-8-3-5-9(6-4-8)19-11-10(16(17)18)7-14-12(13-2)15-11/h3-7H,1-2H3,(H,13,14,15). The largest absolute Gasteiger partial charge is 0.357 e. The first-order valence-electron chi connectivity index (χ1n) is 5.54. The van der Waals surface area contributed by atoms with Gasteiger partial charge in [0.05, 0.1) is 4.92 Å². The second-order valence-corrected chi connectivity index (χ2v) is 4.87. The number of nitrogens with one attached hydrogen (secondary N) is 1. The summed E-state index contributed by atoms with van der Waals surface area (Å²) in [6.07, 6.45) is 1.22. The van der Waals surface area contributed by atoms with Gasteiger partial charge in [0.15, 0.2) is 5.03 Å². The highest BCUT2D eigenvalue weighted by Gasteiger charge is 2.18. The second kappa shape index (κ2) is 5.66. The monoisotopic (exact) mass is 276 g/mol. The molecule has 7 heteroatoms. The quantitative estimate of drug-likeness (QED) is 0.525. The van der Waals surface area contributed by atoms with Crippen LogP contribution in [0.2, 0.25) is 0 Å². The van der Waals surface area contributed by atoms with Gasteiger partial charge in [0.2, 0.25) is 5.95 Å². The molecule has 0 radical (unpaired) electrons. The van der Waals surface area contributed by atoms with Gasteiger partial charge in [0.25, 0.3) is 0 Å². The molecule has 0 aliphatic heterocycles. The van der Waals surface area contributed by atoms with Crippen molar-refractivity contribution in [3.63, 3.8) is 0 Å². The first-order chi connectivity index (χ1) is 9.10. The predicted octanol–water partition coefficient (Wildman–Crippen LogP) is 2.89. The smallest absolute Gasteiger partial charge is 0.320 e. The molecule has 19 heavy (non-hydrogen) atoms. The molecule has 6 nitrogen and oxygen atoms in total. The lowest BCUT2D eigenvalue weighted by Gasteiger charge is -2.04. The molecule has 0 unspecified atom stereocenters. The molecule has 0 aliphatic carbocycles. The van der Waals surface area contributed by atoms with Crippen LogP contribution >= 0.6 is 11.8 Å². The molecule has 98 valence electrons. The minimum absolute atomic E-state index is 0.0930. The average molecular weight is 276 g/mol. The Bertz CT molecular complexity index is 601. The van der Waals surface area contributed by atoms with Crippen molar-refractivity contribution in [3.8, 4) is 0 Å². The van der Waals surface area contributed by atoms with Crippen LogP contribution in [-0.2, 0) is 0 Å². The fourth-order valence-electron chi connectivity index (χ4n) is 1.40. The zero-order valence-corrected chi connectivity index (χ0v) is 11.3. The summed E-state index contributed by atoms with van der Waals surface area (Å²) in [7, 11) is 1.67. The van der Waals surface area contributed by atoms with Gasteiger partial charge in [0.1, 0.15) is 6.20 Å². The molecular weight excluding hydrogens is 264 g/mol. The van der Waals surface area contributed by atoms with Gasteiger partial charge in [-0.05, 0) is 19.1 Å². The number of hydrogen-bond donors (Lipinski definition) is 1. The van der Waals surface area contributed by atoms with Crippen LogP contribution in [0.5, 0.6) is 0 Å². The average Bonchev–Trinajstić information content (AvgIpc) is 2.41. The van der Waals surface area contributed by atoms with E-state index in [1.54, 1.807) is 7.05 Å². The van der Waals surface area contributed by atoms with Crippen LogP contribution in [0.4, 0.5) is 11.6 Å². The van der Waals surface area contributed by atoms with Gasteiger partial charge >= 0.3 is 5.69 Å². The van der Waals surface area contributed by atoms with Crippen molar-refractivity contribution < 1.29 is 4.92 Å². The third kappa shape index (κ3) is 3.19. The Hall–Kier alpha value is -2.15. The molecular formula is C12H12N4O2S. The van der Waals surface area contributed by atoms with Crippen LogP contribution in [-0.4, -0.2) is 21.9 Å². The van der Waals surface area contributed by atoms with E-state index in [9.17, 15) is 10.1 Å². The van der Waals surface area contributed by atoms with Crippen LogP contribution in [0.25, 0.3) is 0 Å². The molecule has 0 bridgehead atoms. The third-order valence-corrected chi connectivity index (χ3v) is 3.39. The minimum atomic E-state index is -0.476. The zero-order chi connectivity index (χ0) is 13.8. The van der Waals surface area contributed by atoms with Crippen molar-refractivity contribution in [1.29, 1.82) is 0 Å². The Kier molecular flexibility index (Phi) is 3.96. The van der Waals surface area contributed by atoms with Crippen molar-refractivity contribution in [1.82, 2.24) is 9.97 Å². The van der Waals surface area contributed by atoms with Crippen LogP contribution in [0, 0.1) is 17.0 Å². The molecule has 2 rings (SSSR count). The predicted molar refractivity (Wildman–Crippen MR) is 73.5 cm³/mol. The number of hydrogen-bond acceptors (Lipinski definition) is 6. The lowest BCUT2D eigenvalue weighted by molar-refractivity contribution is -0.388. The van der Waals surface area contributed by atoms with Crippen molar-refractivity contribution in [3.05, 3.63) is 46.1 Å². The molecule has 0 aliphatic rings. The molecule has 0 saturated carbocycles. The van der Waals surface area contributed by atoms with Crippen molar-refractivity contribution in [2.24, 2.45) is 0 Å². The molecule has 0 fully saturated rings. The van der Waals surface area contributed by atoms with Gasteiger partial charge in [-0.3, -0.25) is 10.1 Å². The van der Waals surface area contributed by atoms with E-state index in [0.29, 0.717) is 11.0 Å². The van der Waals surface area contributed by atoms with Crippen LogP contribution in [0.3, 0.4) is 0 Å². The molecule has 2 aromatic rings. The van der Waals surface area contributed by atoms with E-state index in [-0.39, 0.29) is 5.69 Å². The van der Waals surface area contributed by atoms with Crippen molar-refractivity contribution >= 4 is 23.4 Å². The Balaban J connectivity index is 2.36. The summed E-state index contributed by atoms with van der Waals surface area (Å²) in [5.74, 6) is 0.361. The Labute approximate surface area is 114 Å². The summed E-state index contributed by atoms with van der Waals surface area (Å²) in [6.45, 7) is 1.99. The van der Waals surface area contributed by atoms with E-state index in [4.69, 9.17) is 0 Å². The topological polar surface area (TPSA) is 81.0 Å². The molecule has 0 saturated heterocycles. The van der Waals surface area contributed by atoms with E-state index >= 15 is 0 Å². The highest BCUT2D eigenvalue weighted by Crippen LogP contribution is 2.33. The van der Waals surface area contributed by atoms with E-state index < -0.39 is 4.92 Å². The summed E-state index contributed by atoms with van der Waals surface area (Å²) >= 11 is 1.25. The normalized spacial score (nSPS) is 10.2. The molecule has 1 aromatic carbocycles. The van der Waals surface area contributed by atoms with Gasteiger partial charge in [-0.15, -0.1) is 0 Å². The molecule has 0 spiro atoms. The maximum Gasteiger partial charge on any atom is 0.320 e. The molecule has 1 aromatic heterocycles. The fourth-order valence-corrected chi connectivity index (χ4v) is 2.26. The van der Waals surface area contributed by atoms with Gasteiger partial charge in [-0.2, -0.15) is 4.98 Å². The molecule has 1 N–H and O–H groups in total. The highest BCUT2D eigenvalue weighted by atomic mass is 32.2. The second-order valence-electron chi connectivity index (χ2n) is 3.81. The lowest BCUT2D eigenvalue weighted by Crippen LogP contribution is -2.00. The molecule has 0 atom stereocenters. The van der Waals surface area contributed by atoms with Gasteiger partial charge < -0.3 is 5.32 Å². The Morgan fingerprint density at radius 3 is 2.58 bits per heavy atom. The lowest BCUT2D eigenvalue weighted by atomic mass is 10.2. The molecule has 1 heterocycles. The Morgan fingerprint density at radius 2 is 2.00 bits per heavy atom. The Morgan fingerprint density at radius 1 is 1.32 bits per heavy atom. The molecule has 0 amide bonds. The van der Waals surface area contributed by atoms with Crippen LogP contribution in [0.15, 0.2) is 40.4 Å². The maximum atomic E-state index is 11.0. The minimum Gasteiger partial charge on any atom is -0.357 e. The summed E-state index contributed by atoms with van der Waals surface area (Å²) in [6, 6.07) is 7.72. The number of nitro groups is 1. The van der Waals surface area contributed by atoms with E-state index in [2.05, 4.69) is 15.3 Å². The zero-order valence-electron chi connectivity index (χ0n) is 10.5. The number of benzene rings is 1. The number of rotatable bonds is 4. The summed E-state index contributed by atoms with van der Waals surface area (Å²) in [4.78, 5) is 19.4. The number of aryl methyl sites for hydroxylation is 1. The fraction of sp³-hybridized carbons (Fsp3) is 0.167. The SMILES string of the molecule is CNc1ncc([N+](=O)[O-])c(Sc2ccc(C)cc2)n1. The number of aromatic nitrogens is 2. The summed E-state index contributed by atoms with van der Waals surface area (Å²) in [5, 5.41) is 14.1. The third-order valence-electron chi connectivity index (χ3n) is 2.39. The van der Waals surface area contributed by atoms with Gasteiger partial charge in [-0.1, -0.05) is 29.5 Å². The van der Waals surface area contributed by atoms with E-state index in [1.165, 1.54) is 18.0 Å². The summed E-state index contributed by atoms with van der Waals surface area (Å²) < 4.78 is 0. The van der Waals surface area contributed by atoms with Crippen LogP contribution < -0.4 is 5.32 Å². The highest BCUT2D eigenvalue weighted by molar-refractivity contribution is 7.99. The van der Waals surface area contributed by atoms with Gasteiger partial charge in [-0.25, -0.2) is 4.98 Å². The first-order valence-corrected chi connectivity index (χ1v) is 6.35. The van der Waals surface area contributed by atoms with E-state index in [0.717, 1.165) is 10.5 Å². The maximum absolute atomic E-state index is 11.0. The first kappa shape index (κ1) is 13.3. The van der Waals surface area contributed by atoms with E-state index in [1.807, 2.05) is 31.2 Å². The van der Waals surface area contributed by atoms with Crippen molar-refractivity contribution in [2.75, 3.05) is 12.4 Å². The summed E-state index contributed by atoms with van der Waals surface area (Å²) in [5.41, 5.74) is 1.04. The number of anilines is 1.